The number of ether oxygens (including phenoxy) is 1. The number of hydrogen-bond acceptors (Lipinski definition) is 5. The molecule has 1 aliphatic heterocycles. The maximum Gasteiger partial charge on any atom is 0.678 e. The van der Waals surface area contributed by atoms with E-state index < -0.39 is 7.40 Å². The van der Waals surface area contributed by atoms with Crippen LogP contribution in [-0.2, 0) is 9.59 Å². The molecule has 2 amide bonds. The number of aliphatic hydroxyl groups excluding tert-OH is 1. The highest BCUT2D eigenvalue weighted by atomic mass is 19.2. The summed E-state index contributed by atoms with van der Waals surface area (Å²) in [6, 6.07) is 14.0. The largest absolute Gasteiger partial charge is 0.678 e. The maximum absolute atomic E-state index is 14.0. The highest BCUT2D eigenvalue weighted by Gasteiger charge is 2.22. The molecule has 0 aliphatic carbocycles. The molecule has 1 aromatic carbocycles. The zero-order chi connectivity index (χ0) is 30.4. The summed E-state index contributed by atoms with van der Waals surface area (Å²) in [6.07, 6.45) is 13.0. The summed E-state index contributed by atoms with van der Waals surface area (Å²) < 4.78 is 34.5. The minimum Gasteiger partial charge on any atom is -0.484 e. The predicted octanol–water partition coefficient (Wildman–Crippen LogP) is 4.32. The lowest BCUT2D eigenvalue weighted by Gasteiger charge is -2.08. The van der Waals surface area contributed by atoms with Gasteiger partial charge in [0.05, 0.1) is 23.7 Å². The molecule has 0 bridgehead atoms. The van der Waals surface area contributed by atoms with Crippen molar-refractivity contribution >= 4 is 43.2 Å². The number of nitrogens with one attached hydrogen (secondary N) is 3. The molecule has 3 aromatic rings. The van der Waals surface area contributed by atoms with Crippen molar-refractivity contribution in [1.82, 2.24) is 20.1 Å². The van der Waals surface area contributed by atoms with Crippen LogP contribution in [0.15, 0.2) is 77.6 Å². The van der Waals surface area contributed by atoms with Gasteiger partial charge in [-0.1, -0.05) is 24.6 Å². The minimum absolute atomic E-state index is 0.0777. The van der Waals surface area contributed by atoms with Gasteiger partial charge in [-0.15, -0.1) is 0 Å². The monoisotopic (exact) mass is 589 g/mol. The molecule has 224 valence electrons. The van der Waals surface area contributed by atoms with E-state index in [1.807, 2.05) is 18.2 Å². The Balaban J connectivity index is 1.23. The molecule has 9 nitrogen and oxygen atoms in total. The van der Waals surface area contributed by atoms with Crippen LogP contribution in [0.4, 0.5) is 8.63 Å². The molecule has 4 N–H and O–H groups in total. The molecule has 3 heterocycles. The van der Waals surface area contributed by atoms with E-state index in [4.69, 9.17) is 9.84 Å². The highest BCUT2D eigenvalue weighted by Crippen LogP contribution is 2.22. The number of unbranched alkanes of at least 4 members (excludes halogenated alkanes) is 2. The van der Waals surface area contributed by atoms with Crippen molar-refractivity contribution in [2.45, 2.75) is 25.7 Å². The fourth-order valence-electron chi connectivity index (χ4n) is 4.36. The lowest BCUT2D eigenvalue weighted by molar-refractivity contribution is -0.123. The first kappa shape index (κ1) is 31.2. The molecule has 0 saturated heterocycles. The summed E-state index contributed by atoms with van der Waals surface area (Å²) in [5.74, 6) is 0.172. The van der Waals surface area contributed by atoms with Gasteiger partial charge in [-0.3, -0.25) is 18.2 Å². The van der Waals surface area contributed by atoms with E-state index >= 15 is 0 Å². The van der Waals surface area contributed by atoms with E-state index in [0.29, 0.717) is 42.2 Å². The molecule has 2 aromatic heterocycles. The third kappa shape index (κ3) is 9.68. The van der Waals surface area contributed by atoms with Crippen LogP contribution >= 0.6 is 0 Å². The van der Waals surface area contributed by atoms with Gasteiger partial charge >= 0.3 is 7.40 Å². The molecule has 4 rings (SSSR count). The van der Waals surface area contributed by atoms with E-state index in [1.54, 1.807) is 66.9 Å². The van der Waals surface area contributed by atoms with Crippen molar-refractivity contribution in [3.8, 4) is 5.75 Å². The fraction of sp³-hybridized carbons (Fsp3) is 0.258. The Labute approximate surface area is 249 Å². The quantitative estimate of drug-likeness (QED) is 0.147. The SMILES string of the molecule is O=C(CCCCCNC(=O)COc1ccc(/C=C\c2ccc(/C=C3/C=CC(c4ccc[nH]4)=N3)n2B(F)F)cc1)NCCO. The Hall–Kier alpha value is -4.71. The summed E-state index contributed by atoms with van der Waals surface area (Å²) in [7, 11) is -2.73. The number of benzene rings is 1. The fourth-order valence-corrected chi connectivity index (χ4v) is 4.36. The topological polar surface area (TPSA) is 121 Å². The summed E-state index contributed by atoms with van der Waals surface area (Å²) in [4.78, 5) is 31.1. The van der Waals surface area contributed by atoms with Crippen molar-refractivity contribution in [1.29, 1.82) is 0 Å². The van der Waals surface area contributed by atoms with E-state index in [2.05, 4.69) is 20.6 Å². The second kappa shape index (κ2) is 16.1. The summed E-state index contributed by atoms with van der Waals surface area (Å²) in [5, 5.41) is 14.1. The van der Waals surface area contributed by atoms with Crippen molar-refractivity contribution in [2.75, 3.05) is 26.3 Å². The zero-order valence-corrected chi connectivity index (χ0v) is 23.6. The second-order valence-corrected chi connectivity index (χ2v) is 9.74. The van der Waals surface area contributed by atoms with Crippen LogP contribution in [0, 0.1) is 0 Å². The summed E-state index contributed by atoms with van der Waals surface area (Å²) >= 11 is 0. The Morgan fingerprint density at radius 2 is 1.74 bits per heavy atom. The zero-order valence-electron chi connectivity index (χ0n) is 23.6. The van der Waals surface area contributed by atoms with E-state index in [9.17, 15) is 18.2 Å². The van der Waals surface area contributed by atoms with Gasteiger partial charge in [0.15, 0.2) is 6.61 Å². The second-order valence-electron chi connectivity index (χ2n) is 9.74. The number of aromatic nitrogens is 2. The van der Waals surface area contributed by atoms with Crippen LogP contribution in [0.1, 0.15) is 48.3 Å². The molecule has 0 fully saturated rings. The number of halogens is 2. The number of H-pyrrole nitrogens is 1. The molecular weight excluding hydrogens is 555 g/mol. The van der Waals surface area contributed by atoms with E-state index in [1.165, 1.54) is 0 Å². The van der Waals surface area contributed by atoms with Gasteiger partial charge in [-0.2, -0.15) is 0 Å². The first-order valence-corrected chi connectivity index (χ1v) is 14.1. The van der Waals surface area contributed by atoms with Gasteiger partial charge < -0.3 is 29.9 Å². The highest BCUT2D eigenvalue weighted by molar-refractivity contribution is 6.41. The van der Waals surface area contributed by atoms with Crippen LogP contribution < -0.4 is 15.4 Å². The molecule has 0 spiro atoms. The van der Waals surface area contributed by atoms with Crippen LogP contribution in [0.5, 0.6) is 5.75 Å². The number of hydrogen-bond donors (Lipinski definition) is 4. The van der Waals surface area contributed by atoms with Crippen molar-refractivity contribution in [3.63, 3.8) is 0 Å². The van der Waals surface area contributed by atoms with Gasteiger partial charge in [-0.05, 0) is 79.1 Å². The van der Waals surface area contributed by atoms with E-state index in [0.717, 1.165) is 34.3 Å². The Kier molecular flexibility index (Phi) is 11.7. The number of rotatable bonds is 16. The number of aliphatic imine (C=N–C) groups is 1. The number of nitrogens with zero attached hydrogens (tertiary/aromatic N) is 2. The predicted molar refractivity (Wildman–Crippen MR) is 165 cm³/mol. The van der Waals surface area contributed by atoms with Crippen LogP contribution in [0.2, 0.25) is 0 Å². The number of aliphatic hydroxyl groups is 1. The first-order valence-electron chi connectivity index (χ1n) is 14.1. The molecule has 43 heavy (non-hydrogen) atoms. The standard InChI is InChI=1S/C31H34BF2N5O4/c33-32(34)39-25(12-13-26(39)21-24-10-16-29(38-24)28-5-4-18-35-28)11-7-23-8-14-27(15-9-23)43-22-31(42)36-17-3-1-2-6-30(41)37-19-20-40/h4-5,7-16,18,21,35,40H,1-3,6,17,19-20,22H2,(H,36,42)(H,37,41)/b11-7-,24-21-. The van der Waals surface area contributed by atoms with Crippen LogP contribution in [0.3, 0.4) is 0 Å². The Bertz CT molecular complexity index is 1480. The van der Waals surface area contributed by atoms with Crippen molar-refractivity contribution in [3.05, 3.63) is 95.2 Å². The van der Waals surface area contributed by atoms with Gasteiger partial charge in [0.1, 0.15) is 5.75 Å². The summed E-state index contributed by atoms with van der Waals surface area (Å²) in [5.41, 5.74) is 3.65. The average molecular weight is 589 g/mol. The molecule has 12 heteroatoms. The third-order valence-corrected chi connectivity index (χ3v) is 6.54. The van der Waals surface area contributed by atoms with E-state index in [-0.39, 0.29) is 31.6 Å². The number of carbonyl (C=O) groups is 2. The smallest absolute Gasteiger partial charge is 0.484 e. The van der Waals surface area contributed by atoms with Crippen LogP contribution in [0.25, 0.3) is 18.2 Å². The number of aromatic amines is 1. The van der Waals surface area contributed by atoms with Gasteiger partial charge in [0, 0.05) is 37.1 Å². The summed E-state index contributed by atoms with van der Waals surface area (Å²) in [6.45, 7) is 0.535. The average Bonchev–Trinajstić information content (AvgIpc) is 3.78. The first-order chi connectivity index (χ1) is 20.9. The number of amides is 2. The lowest BCUT2D eigenvalue weighted by atomic mass is 10.1. The number of allylic oxidation sites excluding steroid dienone is 2. The Morgan fingerprint density at radius 1 is 0.953 bits per heavy atom. The molecule has 0 saturated carbocycles. The molecule has 0 radical (unpaired) electrons. The number of carbonyl (C=O) groups excluding carboxylic acids is 2. The van der Waals surface area contributed by atoms with Gasteiger partial charge in [0.2, 0.25) is 5.91 Å². The normalized spacial score (nSPS) is 13.5. The Morgan fingerprint density at radius 3 is 2.49 bits per heavy atom. The van der Waals surface area contributed by atoms with Gasteiger partial charge in [-0.25, -0.2) is 4.99 Å². The van der Waals surface area contributed by atoms with Crippen LogP contribution in [-0.4, -0.2) is 65.8 Å². The van der Waals surface area contributed by atoms with Gasteiger partial charge in [0.25, 0.3) is 5.91 Å². The molecular formula is C31H34BF2N5O4. The molecule has 0 unspecified atom stereocenters. The third-order valence-electron chi connectivity index (χ3n) is 6.54. The molecule has 0 atom stereocenters. The van der Waals surface area contributed by atoms with Crippen molar-refractivity contribution in [2.24, 2.45) is 4.99 Å². The van der Waals surface area contributed by atoms with Crippen molar-refractivity contribution < 1.29 is 28.1 Å². The maximum atomic E-state index is 14.0. The lowest BCUT2D eigenvalue weighted by Crippen LogP contribution is -2.29. The molecule has 1 aliphatic rings. The minimum atomic E-state index is -2.73.